The van der Waals surface area contributed by atoms with Gasteiger partial charge in [-0.1, -0.05) is 24.3 Å². The average Bonchev–Trinajstić information content (AvgIpc) is 3.18. The van der Waals surface area contributed by atoms with Crippen LogP contribution in [0.4, 0.5) is 0 Å². The highest BCUT2D eigenvalue weighted by atomic mass is 16.4. The standard InChI is InChI=1S/C19H23N3O3/c1-4-22-13(3)9-17(20-22)18(23)21-10-15(16(11-21)19(24)25)14-8-6-5-7-12(14)2/h5-9,15-16H,4,10-11H2,1-3H3,(H,24,25). The molecule has 2 unspecified atom stereocenters. The van der Waals surface area contributed by atoms with Crippen LogP contribution < -0.4 is 0 Å². The molecule has 0 radical (unpaired) electrons. The van der Waals surface area contributed by atoms with Gasteiger partial charge in [0.2, 0.25) is 0 Å². The van der Waals surface area contributed by atoms with Gasteiger partial charge in [0.15, 0.2) is 5.69 Å². The lowest BCUT2D eigenvalue weighted by Crippen LogP contribution is -2.30. The third-order valence-electron chi connectivity index (χ3n) is 5.01. The van der Waals surface area contributed by atoms with Crippen LogP contribution in [0.15, 0.2) is 30.3 Å². The van der Waals surface area contributed by atoms with E-state index in [9.17, 15) is 14.7 Å². The van der Waals surface area contributed by atoms with Crippen molar-refractivity contribution in [2.75, 3.05) is 13.1 Å². The summed E-state index contributed by atoms with van der Waals surface area (Å²) in [6.45, 7) is 7.17. The van der Waals surface area contributed by atoms with E-state index in [1.54, 1.807) is 15.6 Å². The summed E-state index contributed by atoms with van der Waals surface area (Å²) in [7, 11) is 0. The fraction of sp³-hybridized carbons (Fsp3) is 0.421. The minimum atomic E-state index is -0.862. The van der Waals surface area contributed by atoms with Crippen LogP contribution in [0, 0.1) is 19.8 Å². The van der Waals surface area contributed by atoms with Gasteiger partial charge in [-0.15, -0.1) is 0 Å². The molecule has 1 aliphatic heterocycles. The molecule has 1 aromatic carbocycles. The largest absolute Gasteiger partial charge is 0.481 e. The highest BCUT2D eigenvalue weighted by Gasteiger charge is 2.41. The van der Waals surface area contributed by atoms with Crippen LogP contribution >= 0.6 is 0 Å². The summed E-state index contributed by atoms with van der Waals surface area (Å²) >= 11 is 0. The third kappa shape index (κ3) is 3.16. The monoisotopic (exact) mass is 341 g/mol. The predicted octanol–water partition coefficient (Wildman–Crippen LogP) is 2.46. The quantitative estimate of drug-likeness (QED) is 0.927. The van der Waals surface area contributed by atoms with Crippen LogP contribution in [0.5, 0.6) is 0 Å². The molecular formula is C19H23N3O3. The summed E-state index contributed by atoms with van der Waals surface area (Å²) in [6, 6.07) is 9.55. The van der Waals surface area contributed by atoms with Crippen molar-refractivity contribution in [3.05, 3.63) is 52.8 Å². The maximum Gasteiger partial charge on any atom is 0.308 e. The second-order valence-corrected chi connectivity index (χ2v) is 6.60. The number of carbonyl (C=O) groups is 2. The average molecular weight is 341 g/mol. The summed E-state index contributed by atoms with van der Waals surface area (Å²) in [5, 5.41) is 14.0. The molecule has 0 aliphatic carbocycles. The molecule has 6 heteroatoms. The van der Waals surface area contributed by atoms with E-state index in [1.807, 2.05) is 45.0 Å². The highest BCUT2D eigenvalue weighted by Crippen LogP contribution is 2.35. The number of carboxylic acids is 1. The van der Waals surface area contributed by atoms with Crippen molar-refractivity contribution in [3.8, 4) is 0 Å². The van der Waals surface area contributed by atoms with Gasteiger partial charge in [-0.25, -0.2) is 0 Å². The molecule has 6 nitrogen and oxygen atoms in total. The van der Waals surface area contributed by atoms with E-state index in [4.69, 9.17) is 0 Å². The second kappa shape index (κ2) is 6.70. The van der Waals surface area contributed by atoms with Crippen molar-refractivity contribution in [1.29, 1.82) is 0 Å². The Kier molecular flexibility index (Phi) is 4.61. The first-order chi connectivity index (χ1) is 11.9. The van der Waals surface area contributed by atoms with E-state index in [-0.39, 0.29) is 18.4 Å². The molecule has 1 aromatic heterocycles. The maximum atomic E-state index is 12.8. The van der Waals surface area contributed by atoms with Crippen LogP contribution in [0.2, 0.25) is 0 Å². The number of amides is 1. The summed E-state index contributed by atoms with van der Waals surface area (Å²) in [5.41, 5.74) is 3.36. The molecule has 25 heavy (non-hydrogen) atoms. The SMILES string of the molecule is CCn1nc(C(=O)N2CC(C(=O)O)C(c3ccccc3C)C2)cc1C. The first kappa shape index (κ1) is 17.2. The summed E-state index contributed by atoms with van der Waals surface area (Å²) in [4.78, 5) is 26.2. The van der Waals surface area contributed by atoms with Crippen molar-refractivity contribution in [3.63, 3.8) is 0 Å². The molecule has 2 heterocycles. The molecule has 0 saturated carbocycles. The highest BCUT2D eigenvalue weighted by molar-refractivity contribution is 5.93. The van der Waals surface area contributed by atoms with Crippen LogP contribution in [-0.4, -0.2) is 44.8 Å². The number of hydrogen-bond acceptors (Lipinski definition) is 3. The predicted molar refractivity (Wildman–Crippen MR) is 93.6 cm³/mol. The lowest BCUT2D eigenvalue weighted by atomic mass is 9.86. The van der Waals surface area contributed by atoms with Gasteiger partial charge >= 0.3 is 5.97 Å². The number of benzene rings is 1. The topological polar surface area (TPSA) is 75.4 Å². The van der Waals surface area contributed by atoms with E-state index in [2.05, 4.69) is 5.10 Å². The smallest absolute Gasteiger partial charge is 0.308 e. The van der Waals surface area contributed by atoms with E-state index >= 15 is 0 Å². The number of nitrogens with zero attached hydrogens (tertiary/aromatic N) is 3. The lowest BCUT2D eigenvalue weighted by molar-refractivity contribution is -0.141. The lowest BCUT2D eigenvalue weighted by Gasteiger charge is -2.17. The van der Waals surface area contributed by atoms with Gasteiger partial charge in [-0.2, -0.15) is 5.10 Å². The number of likely N-dealkylation sites (tertiary alicyclic amines) is 1. The minimum absolute atomic E-state index is 0.197. The minimum Gasteiger partial charge on any atom is -0.481 e. The number of aromatic nitrogens is 2. The van der Waals surface area contributed by atoms with Gasteiger partial charge in [0, 0.05) is 31.2 Å². The Morgan fingerprint density at radius 3 is 2.56 bits per heavy atom. The van der Waals surface area contributed by atoms with Crippen molar-refractivity contribution >= 4 is 11.9 Å². The van der Waals surface area contributed by atoms with E-state index in [1.165, 1.54) is 0 Å². The molecule has 132 valence electrons. The van der Waals surface area contributed by atoms with Gasteiger partial charge in [-0.05, 0) is 38.0 Å². The van der Waals surface area contributed by atoms with Gasteiger partial charge < -0.3 is 10.0 Å². The molecular weight excluding hydrogens is 318 g/mol. The Balaban J connectivity index is 1.88. The van der Waals surface area contributed by atoms with Crippen LogP contribution in [-0.2, 0) is 11.3 Å². The number of rotatable bonds is 4. The number of carbonyl (C=O) groups excluding carboxylic acids is 1. The molecule has 1 amide bonds. The Morgan fingerprint density at radius 1 is 1.24 bits per heavy atom. The van der Waals surface area contributed by atoms with Gasteiger partial charge in [0.05, 0.1) is 5.92 Å². The molecule has 1 aliphatic rings. The summed E-state index contributed by atoms with van der Waals surface area (Å²) < 4.78 is 1.77. The number of aliphatic carboxylic acids is 1. The Bertz CT molecular complexity index is 812. The van der Waals surface area contributed by atoms with Crippen LogP contribution in [0.1, 0.15) is 40.2 Å². The third-order valence-corrected chi connectivity index (χ3v) is 5.01. The van der Waals surface area contributed by atoms with Crippen molar-refractivity contribution in [2.24, 2.45) is 5.92 Å². The Hall–Kier alpha value is -2.63. The van der Waals surface area contributed by atoms with Crippen LogP contribution in [0.3, 0.4) is 0 Å². The number of hydrogen-bond donors (Lipinski definition) is 1. The first-order valence-electron chi connectivity index (χ1n) is 8.54. The van der Waals surface area contributed by atoms with Crippen molar-refractivity contribution < 1.29 is 14.7 Å². The molecule has 3 rings (SSSR count). The number of carboxylic acid groups (broad SMARTS) is 1. The van der Waals surface area contributed by atoms with Gasteiger partial charge in [0.25, 0.3) is 5.91 Å². The molecule has 2 atom stereocenters. The molecule has 1 N–H and O–H groups in total. The summed E-state index contributed by atoms with van der Waals surface area (Å²) in [5.74, 6) is -1.85. The zero-order valence-corrected chi connectivity index (χ0v) is 14.8. The Labute approximate surface area is 147 Å². The molecule has 1 saturated heterocycles. The number of aryl methyl sites for hydroxylation is 3. The van der Waals surface area contributed by atoms with Crippen LogP contribution in [0.25, 0.3) is 0 Å². The molecule has 0 spiro atoms. The van der Waals surface area contributed by atoms with Gasteiger partial charge in [-0.3, -0.25) is 14.3 Å². The first-order valence-corrected chi connectivity index (χ1v) is 8.54. The van der Waals surface area contributed by atoms with Gasteiger partial charge in [0.1, 0.15) is 0 Å². The normalized spacial score (nSPS) is 20.0. The molecule has 0 bridgehead atoms. The van der Waals surface area contributed by atoms with Crippen molar-refractivity contribution in [2.45, 2.75) is 33.2 Å². The Morgan fingerprint density at radius 2 is 1.96 bits per heavy atom. The molecule has 2 aromatic rings. The maximum absolute atomic E-state index is 12.8. The zero-order chi connectivity index (χ0) is 18.1. The fourth-order valence-electron chi connectivity index (χ4n) is 3.63. The molecule has 1 fully saturated rings. The zero-order valence-electron chi connectivity index (χ0n) is 14.8. The van der Waals surface area contributed by atoms with Crippen molar-refractivity contribution in [1.82, 2.24) is 14.7 Å². The fourth-order valence-corrected chi connectivity index (χ4v) is 3.63. The van der Waals surface area contributed by atoms with E-state index in [0.29, 0.717) is 18.8 Å². The summed E-state index contributed by atoms with van der Waals surface area (Å²) in [6.07, 6.45) is 0. The van der Waals surface area contributed by atoms with E-state index in [0.717, 1.165) is 16.8 Å². The second-order valence-electron chi connectivity index (χ2n) is 6.60. The van der Waals surface area contributed by atoms with E-state index < -0.39 is 11.9 Å².